The first-order valence-electron chi connectivity index (χ1n) is 9.81. The summed E-state index contributed by atoms with van der Waals surface area (Å²) in [5.41, 5.74) is 2.87. The molecule has 146 valence electrons. The van der Waals surface area contributed by atoms with Crippen LogP contribution in [0.5, 0.6) is 0 Å². The Balaban J connectivity index is 1.47. The minimum Gasteiger partial charge on any atom is -0.395 e. The van der Waals surface area contributed by atoms with Crippen LogP contribution >= 0.6 is 0 Å². The van der Waals surface area contributed by atoms with E-state index in [1.54, 1.807) is 24.4 Å². The fourth-order valence-electron chi connectivity index (χ4n) is 3.59. The lowest BCUT2D eigenvalue weighted by atomic mass is 10.0. The maximum absolute atomic E-state index is 12.3. The molecule has 1 amide bonds. The van der Waals surface area contributed by atoms with Crippen molar-refractivity contribution in [2.24, 2.45) is 0 Å². The SMILES string of the molecule is N#Cc1ccc(-c2ccc(C(=O)NCCCN3CCCC[C@H]3CO)cc2)cn1. The molecular formula is C22H26N4O2. The largest absolute Gasteiger partial charge is 0.395 e. The number of aromatic nitrogens is 1. The summed E-state index contributed by atoms with van der Waals surface area (Å²) in [5.74, 6) is -0.0816. The van der Waals surface area contributed by atoms with Crippen LogP contribution in [0.3, 0.4) is 0 Å². The van der Waals surface area contributed by atoms with E-state index in [2.05, 4.69) is 15.2 Å². The van der Waals surface area contributed by atoms with Crippen LogP contribution in [0.15, 0.2) is 42.6 Å². The molecule has 0 aliphatic carbocycles. The maximum Gasteiger partial charge on any atom is 0.251 e. The predicted molar refractivity (Wildman–Crippen MR) is 108 cm³/mol. The molecule has 3 rings (SSSR count). The molecular weight excluding hydrogens is 352 g/mol. The van der Waals surface area contributed by atoms with Crippen molar-refractivity contribution >= 4 is 5.91 Å². The molecule has 2 N–H and O–H groups in total. The molecule has 1 saturated heterocycles. The summed E-state index contributed by atoms with van der Waals surface area (Å²) >= 11 is 0. The van der Waals surface area contributed by atoms with E-state index in [1.807, 2.05) is 24.3 Å². The van der Waals surface area contributed by atoms with Gasteiger partial charge in [0.15, 0.2) is 0 Å². The van der Waals surface area contributed by atoms with E-state index < -0.39 is 0 Å². The van der Waals surface area contributed by atoms with Gasteiger partial charge in [-0.2, -0.15) is 5.26 Å². The Morgan fingerprint density at radius 2 is 2.00 bits per heavy atom. The summed E-state index contributed by atoms with van der Waals surface area (Å²) in [6.07, 6.45) is 5.96. The molecule has 0 saturated carbocycles. The number of rotatable bonds is 7. The monoisotopic (exact) mass is 378 g/mol. The summed E-state index contributed by atoms with van der Waals surface area (Å²) < 4.78 is 0. The van der Waals surface area contributed by atoms with Gasteiger partial charge in [-0.3, -0.25) is 9.69 Å². The number of likely N-dealkylation sites (tertiary alicyclic amines) is 1. The van der Waals surface area contributed by atoms with Crippen LogP contribution in [0, 0.1) is 11.3 Å². The van der Waals surface area contributed by atoms with E-state index in [1.165, 1.54) is 12.8 Å². The van der Waals surface area contributed by atoms with Crippen LogP contribution in [-0.4, -0.2) is 53.2 Å². The van der Waals surface area contributed by atoms with Crippen LogP contribution in [-0.2, 0) is 0 Å². The summed E-state index contributed by atoms with van der Waals surface area (Å²) in [7, 11) is 0. The summed E-state index contributed by atoms with van der Waals surface area (Å²) in [6.45, 7) is 2.77. The number of hydrogen-bond acceptors (Lipinski definition) is 5. The number of amides is 1. The number of piperidine rings is 1. The Labute approximate surface area is 165 Å². The number of hydrogen-bond donors (Lipinski definition) is 2. The van der Waals surface area contributed by atoms with E-state index in [0.717, 1.165) is 37.1 Å². The molecule has 0 radical (unpaired) electrons. The van der Waals surface area contributed by atoms with Crippen molar-refractivity contribution < 1.29 is 9.90 Å². The third kappa shape index (κ3) is 5.16. The van der Waals surface area contributed by atoms with Crippen LogP contribution in [0.1, 0.15) is 41.7 Å². The second-order valence-electron chi connectivity index (χ2n) is 7.10. The quantitative estimate of drug-likeness (QED) is 0.723. The minimum atomic E-state index is -0.0816. The summed E-state index contributed by atoms with van der Waals surface area (Å²) in [5, 5.41) is 21.2. The smallest absolute Gasteiger partial charge is 0.251 e. The van der Waals surface area contributed by atoms with Gasteiger partial charge >= 0.3 is 0 Å². The second-order valence-corrected chi connectivity index (χ2v) is 7.10. The highest BCUT2D eigenvalue weighted by Gasteiger charge is 2.20. The Kier molecular flexibility index (Phi) is 7.12. The summed E-state index contributed by atoms with van der Waals surface area (Å²) in [4.78, 5) is 18.7. The average Bonchev–Trinajstić information content (AvgIpc) is 2.77. The van der Waals surface area contributed by atoms with Crippen molar-refractivity contribution in [3.63, 3.8) is 0 Å². The maximum atomic E-state index is 12.3. The molecule has 6 heteroatoms. The topological polar surface area (TPSA) is 89.2 Å². The lowest BCUT2D eigenvalue weighted by Crippen LogP contribution is -2.43. The van der Waals surface area contributed by atoms with Crippen molar-refractivity contribution in [2.75, 3.05) is 26.2 Å². The Morgan fingerprint density at radius 1 is 1.21 bits per heavy atom. The minimum absolute atomic E-state index is 0.0816. The molecule has 1 fully saturated rings. The number of carbonyl (C=O) groups is 1. The van der Waals surface area contributed by atoms with E-state index in [4.69, 9.17) is 5.26 Å². The van der Waals surface area contributed by atoms with Crippen molar-refractivity contribution in [3.8, 4) is 17.2 Å². The van der Waals surface area contributed by atoms with Gasteiger partial charge < -0.3 is 10.4 Å². The zero-order valence-electron chi connectivity index (χ0n) is 16.0. The van der Waals surface area contributed by atoms with Crippen LogP contribution < -0.4 is 5.32 Å². The number of aliphatic hydroxyl groups excluding tert-OH is 1. The standard InChI is InChI=1S/C22H26N4O2/c23-14-20-10-9-19(15-25-20)17-5-7-18(8-6-17)22(28)24-11-3-13-26-12-2-1-4-21(26)16-27/h5-10,15,21,27H,1-4,11-13,16H2,(H,24,28)/t21-/m0/s1. The first-order valence-corrected chi connectivity index (χ1v) is 9.81. The van der Waals surface area contributed by atoms with E-state index in [0.29, 0.717) is 17.8 Å². The molecule has 1 atom stereocenters. The van der Waals surface area contributed by atoms with Gasteiger partial charge in [-0.25, -0.2) is 4.98 Å². The predicted octanol–water partition coefficient (Wildman–Crippen LogP) is 2.59. The van der Waals surface area contributed by atoms with Gasteiger partial charge in [-0.15, -0.1) is 0 Å². The van der Waals surface area contributed by atoms with E-state index in [-0.39, 0.29) is 18.6 Å². The first kappa shape index (κ1) is 20.0. The fourth-order valence-corrected chi connectivity index (χ4v) is 3.59. The van der Waals surface area contributed by atoms with Gasteiger partial charge in [0.05, 0.1) is 6.61 Å². The molecule has 2 aromatic rings. The van der Waals surface area contributed by atoms with Crippen molar-refractivity contribution in [2.45, 2.75) is 31.7 Å². The first-order chi connectivity index (χ1) is 13.7. The third-order valence-corrected chi connectivity index (χ3v) is 5.23. The molecule has 28 heavy (non-hydrogen) atoms. The molecule has 1 aromatic heterocycles. The van der Waals surface area contributed by atoms with Crippen molar-refractivity contribution in [1.82, 2.24) is 15.2 Å². The van der Waals surface area contributed by atoms with Gasteiger partial charge in [0.1, 0.15) is 11.8 Å². The van der Waals surface area contributed by atoms with E-state index >= 15 is 0 Å². The van der Waals surface area contributed by atoms with Gasteiger partial charge in [0.25, 0.3) is 5.91 Å². The van der Waals surface area contributed by atoms with Crippen LogP contribution in [0.4, 0.5) is 0 Å². The number of benzene rings is 1. The van der Waals surface area contributed by atoms with Gasteiger partial charge in [-0.1, -0.05) is 18.6 Å². The second kappa shape index (κ2) is 9.98. The normalized spacial score (nSPS) is 17.1. The molecule has 2 heterocycles. The molecule has 1 aliphatic heterocycles. The number of nitriles is 1. The number of pyridine rings is 1. The highest BCUT2D eigenvalue weighted by Crippen LogP contribution is 2.19. The zero-order valence-corrected chi connectivity index (χ0v) is 16.0. The highest BCUT2D eigenvalue weighted by atomic mass is 16.3. The number of carbonyl (C=O) groups excluding carboxylic acids is 1. The van der Waals surface area contributed by atoms with Crippen molar-refractivity contribution in [3.05, 3.63) is 53.9 Å². The van der Waals surface area contributed by atoms with Gasteiger partial charge in [-0.05, 0) is 55.6 Å². The van der Waals surface area contributed by atoms with Crippen LogP contribution in [0.25, 0.3) is 11.1 Å². The van der Waals surface area contributed by atoms with Crippen LogP contribution in [0.2, 0.25) is 0 Å². The van der Waals surface area contributed by atoms with Crippen molar-refractivity contribution in [1.29, 1.82) is 5.26 Å². The lowest BCUT2D eigenvalue weighted by molar-refractivity contribution is 0.0868. The summed E-state index contributed by atoms with van der Waals surface area (Å²) in [6, 6.07) is 13.2. The molecule has 0 unspecified atom stereocenters. The van der Waals surface area contributed by atoms with Gasteiger partial charge in [0, 0.05) is 36.5 Å². The number of nitrogens with zero attached hydrogens (tertiary/aromatic N) is 3. The fraction of sp³-hybridized carbons (Fsp3) is 0.409. The van der Waals surface area contributed by atoms with Gasteiger partial charge in [0.2, 0.25) is 0 Å². The third-order valence-electron chi connectivity index (χ3n) is 5.23. The Morgan fingerprint density at radius 3 is 2.68 bits per heavy atom. The molecule has 0 bridgehead atoms. The molecule has 0 spiro atoms. The number of aliphatic hydroxyl groups is 1. The Bertz CT molecular complexity index is 812. The number of nitrogens with one attached hydrogen (secondary N) is 1. The zero-order chi connectivity index (χ0) is 19.8. The molecule has 1 aromatic carbocycles. The Hall–Kier alpha value is -2.75. The average molecular weight is 378 g/mol. The lowest BCUT2D eigenvalue weighted by Gasteiger charge is -2.34. The van der Waals surface area contributed by atoms with E-state index in [9.17, 15) is 9.90 Å². The molecule has 1 aliphatic rings. The highest BCUT2D eigenvalue weighted by molar-refractivity contribution is 5.94. The molecule has 6 nitrogen and oxygen atoms in total.